The second kappa shape index (κ2) is 10.6. The SMILES string of the molecule is CCc1ccc(N[C@H]2NC(=O)/C(=C/c3cc(OC)c(OCC(=O)OC)cc3Br)S2)cc1. The fourth-order valence-corrected chi connectivity index (χ4v) is 4.24. The van der Waals surface area contributed by atoms with Crippen LogP contribution < -0.4 is 20.1 Å². The summed E-state index contributed by atoms with van der Waals surface area (Å²) in [4.78, 5) is 24.4. The van der Waals surface area contributed by atoms with Gasteiger partial charge in [-0.15, -0.1) is 0 Å². The minimum absolute atomic E-state index is 0.162. The van der Waals surface area contributed by atoms with Crippen molar-refractivity contribution in [2.45, 2.75) is 18.8 Å². The number of rotatable bonds is 8. The van der Waals surface area contributed by atoms with Gasteiger partial charge in [-0.05, 0) is 47.9 Å². The molecule has 1 amide bonds. The number of anilines is 1. The van der Waals surface area contributed by atoms with Gasteiger partial charge < -0.3 is 24.8 Å². The highest BCUT2D eigenvalue weighted by molar-refractivity contribution is 9.10. The molecule has 0 spiro atoms. The molecule has 7 nitrogen and oxygen atoms in total. The summed E-state index contributed by atoms with van der Waals surface area (Å²) in [5.41, 5.74) is 2.67. The lowest BCUT2D eigenvalue weighted by Gasteiger charge is -2.13. The van der Waals surface area contributed by atoms with E-state index in [1.165, 1.54) is 31.5 Å². The van der Waals surface area contributed by atoms with Crippen LogP contribution in [0.2, 0.25) is 0 Å². The van der Waals surface area contributed by atoms with Gasteiger partial charge in [0.05, 0.1) is 19.1 Å². The van der Waals surface area contributed by atoms with Gasteiger partial charge in [0.1, 0.15) is 0 Å². The standard InChI is InChI=1S/C22H23BrN2O5S/c1-4-13-5-7-15(8-6-13)24-22-25-21(27)19(31-22)10-14-9-17(28-2)18(11-16(14)23)30-12-20(26)29-3/h5-11,22,24H,4,12H2,1-3H3,(H,25,27)/b19-10-/t22-/m0/s1. The van der Waals surface area contributed by atoms with Crippen LogP contribution in [0.4, 0.5) is 5.69 Å². The van der Waals surface area contributed by atoms with Crippen molar-refractivity contribution in [1.82, 2.24) is 5.32 Å². The highest BCUT2D eigenvalue weighted by Crippen LogP contribution is 2.37. The lowest BCUT2D eigenvalue weighted by molar-refractivity contribution is -0.142. The molecule has 0 radical (unpaired) electrons. The number of methoxy groups -OCH3 is 2. The number of carbonyl (C=O) groups is 2. The molecule has 9 heteroatoms. The predicted molar refractivity (Wildman–Crippen MR) is 125 cm³/mol. The van der Waals surface area contributed by atoms with Gasteiger partial charge in [0.2, 0.25) is 0 Å². The molecule has 1 saturated heterocycles. The summed E-state index contributed by atoms with van der Waals surface area (Å²) in [6.45, 7) is 1.88. The first-order chi connectivity index (χ1) is 14.9. The van der Waals surface area contributed by atoms with E-state index in [1.54, 1.807) is 18.2 Å². The van der Waals surface area contributed by atoms with Crippen molar-refractivity contribution in [2.75, 3.05) is 26.1 Å². The lowest BCUT2D eigenvalue weighted by atomic mass is 10.1. The molecule has 2 N–H and O–H groups in total. The van der Waals surface area contributed by atoms with Crippen LogP contribution in [0, 0.1) is 0 Å². The Hall–Kier alpha value is -2.65. The molecule has 0 aliphatic carbocycles. The van der Waals surface area contributed by atoms with Gasteiger partial charge in [0.15, 0.2) is 23.6 Å². The van der Waals surface area contributed by atoms with E-state index in [0.29, 0.717) is 20.9 Å². The molecule has 3 rings (SSSR count). The van der Waals surface area contributed by atoms with E-state index in [-0.39, 0.29) is 18.0 Å². The van der Waals surface area contributed by atoms with Crippen molar-refractivity contribution >= 4 is 51.3 Å². The van der Waals surface area contributed by atoms with Crippen LogP contribution in [0.25, 0.3) is 6.08 Å². The summed E-state index contributed by atoms with van der Waals surface area (Å²) in [5, 5.41) is 6.23. The second-order valence-corrected chi connectivity index (χ2v) is 8.57. The zero-order chi connectivity index (χ0) is 22.4. The maximum Gasteiger partial charge on any atom is 0.343 e. The van der Waals surface area contributed by atoms with Gasteiger partial charge in [0.25, 0.3) is 5.91 Å². The molecule has 0 saturated carbocycles. The van der Waals surface area contributed by atoms with Gasteiger partial charge in [-0.2, -0.15) is 0 Å². The van der Waals surface area contributed by atoms with Crippen molar-refractivity contribution in [1.29, 1.82) is 0 Å². The molecular weight excluding hydrogens is 484 g/mol. The number of amides is 1. The van der Waals surface area contributed by atoms with Crippen LogP contribution in [-0.2, 0) is 20.7 Å². The van der Waals surface area contributed by atoms with Crippen LogP contribution in [0.5, 0.6) is 11.5 Å². The molecule has 1 heterocycles. The quantitative estimate of drug-likeness (QED) is 0.410. The van der Waals surface area contributed by atoms with E-state index >= 15 is 0 Å². The highest BCUT2D eigenvalue weighted by atomic mass is 79.9. The van der Waals surface area contributed by atoms with Crippen LogP contribution in [0.3, 0.4) is 0 Å². The minimum Gasteiger partial charge on any atom is -0.493 e. The summed E-state index contributed by atoms with van der Waals surface area (Å²) in [7, 11) is 2.80. The van der Waals surface area contributed by atoms with Gasteiger partial charge in [-0.1, -0.05) is 46.7 Å². The monoisotopic (exact) mass is 506 g/mol. The summed E-state index contributed by atoms with van der Waals surface area (Å²) in [6, 6.07) is 11.6. The zero-order valence-corrected chi connectivity index (χ0v) is 19.8. The number of halogens is 1. The second-order valence-electron chi connectivity index (χ2n) is 6.56. The molecule has 31 heavy (non-hydrogen) atoms. The number of esters is 1. The highest BCUT2D eigenvalue weighted by Gasteiger charge is 2.27. The Bertz CT molecular complexity index is 994. The summed E-state index contributed by atoms with van der Waals surface area (Å²) < 4.78 is 16.1. The van der Waals surface area contributed by atoms with Gasteiger partial charge in [0, 0.05) is 10.2 Å². The molecule has 1 aliphatic heterocycles. The molecule has 0 unspecified atom stereocenters. The van der Waals surface area contributed by atoms with E-state index in [0.717, 1.165) is 17.7 Å². The minimum atomic E-state index is -0.494. The first kappa shape index (κ1) is 23.0. The molecular formula is C22H23BrN2O5S. The molecule has 2 aromatic carbocycles. The van der Waals surface area contributed by atoms with E-state index in [9.17, 15) is 9.59 Å². The number of ether oxygens (including phenoxy) is 3. The molecule has 1 fully saturated rings. The van der Waals surface area contributed by atoms with Crippen LogP contribution in [0.15, 0.2) is 45.8 Å². The lowest BCUT2D eigenvalue weighted by Crippen LogP contribution is -2.30. The third-order valence-corrected chi connectivity index (χ3v) is 6.25. The molecule has 1 atom stereocenters. The van der Waals surface area contributed by atoms with Gasteiger partial charge in [-0.3, -0.25) is 4.79 Å². The molecule has 1 aliphatic rings. The first-order valence-corrected chi connectivity index (χ1v) is 11.2. The Morgan fingerprint density at radius 2 is 1.97 bits per heavy atom. The summed E-state index contributed by atoms with van der Waals surface area (Å²) in [6.07, 6.45) is 2.76. The van der Waals surface area contributed by atoms with Crippen molar-refractivity contribution in [3.63, 3.8) is 0 Å². The van der Waals surface area contributed by atoms with Crippen LogP contribution in [0.1, 0.15) is 18.1 Å². The van der Waals surface area contributed by atoms with Gasteiger partial charge in [-0.25, -0.2) is 4.79 Å². The summed E-state index contributed by atoms with van der Waals surface area (Å²) >= 11 is 4.89. The average Bonchev–Trinajstić information content (AvgIpc) is 3.12. The van der Waals surface area contributed by atoms with Crippen LogP contribution >= 0.6 is 27.7 Å². The third kappa shape index (κ3) is 5.95. The van der Waals surface area contributed by atoms with Gasteiger partial charge >= 0.3 is 5.97 Å². The molecule has 2 aromatic rings. The van der Waals surface area contributed by atoms with E-state index in [1.807, 2.05) is 12.1 Å². The first-order valence-electron chi connectivity index (χ1n) is 9.55. The topological polar surface area (TPSA) is 85.9 Å². The zero-order valence-electron chi connectivity index (χ0n) is 17.4. The van der Waals surface area contributed by atoms with Crippen molar-refractivity contribution in [3.05, 3.63) is 56.9 Å². The van der Waals surface area contributed by atoms with E-state index < -0.39 is 5.97 Å². The number of nitrogens with one attached hydrogen (secondary N) is 2. The fourth-order valence-electron chi connectivity index (χ4n) is 2.82. The average molecular weight is 507 g/mol. The normalized spacial score (nSPS) is 16.7. The van der Waals surface area contributed by atoms with E-state index in [4.69, 9.17) is 9.47 Å². The Morgan fingerprint density at radius 3 is 2.61 bits per heavy atom. The Balaban J connectivity index is 1.74. The van der Waals surface area contributed by atoms with Crippen molar-refractivity contribution < 1.29 is 23.8 Å². The maximum absolute atomic E-state index is 12.5. The Labute approximate surface area is 193 Å². The Morgan fingerprint density at radius 1 is 1.23 bits per heavy atom. The Kier molecular flexibility index (Phi) is 7.86. The smallest absolute Gasteiger partial charge is 0.343 e. The fraction of sp³-hybridized carbons (Fsp3) is 0.273. The largest absolute Gasteiger partial charge is 0.493 e. The molecule has 164 valence electrons. The molecule has 0 bridgehead atoms. The number of aryl methyl sites for hydroxylation is 1. The maximum atomic E-state index is 12.5. The van der Waals surface area contributed by atoms with E-state index in [2.05, 4.69) is 50.4 Å². The summed E-state index contributed by atoms with van der Waals surface area (Å²) in [5.74, 6) is 0.171. The number of thioether (sulfide) groups is 1. The molecule has 0 aromatic heterocycles. The van der Waals surface area contributed by atoms with Crippen molar-refractivity contribution in [2.24, 2.45) is 0 Å². The number of hydrogen-bond donors (Lipinski definition) is 2. The number of benzene rings is 2. The third-order valence-electron chi connectivity index (χ3n) is 4.53. The number of carbonyl (C=O) groups excluding carboxylic acids is 2. The predicted octanol–water partition coefficient (Wildman–Crippen LogP) is 4.17. The van der Waals surface area contributed by atoms with Crippen molar-refractivity contribution in [3.8, 4) is 11.5 Å². The number of hydrogen-bond acceptors (Lipinski definition) is 7. The van der Waals surface area contributed by atoms with Crippen LogP contribution in [-0.4, -0.2) is 38.2 Å².